The van der Waals surface area contributed by atoms with Gasteiger partial charge in [-0.05, 0) is 131 Å². The Balaban J connectivity index is 0.000000982. The largest absolute Gasteiger partial charge is 0.495 e. The molecule has 0 aromatic heterocycles. The fourth-order valence-corrected chi connectivity index (χ4v) is 6.51. The predicted molar refractivity (Wildman–Crippen MR) is 349 cm³/mol. The highest BCUT2D eigenvalue weighted by Gasteiger charge is 2.24. The van der Waals surface area contributed by atoms with Crippen molar-refractivity contribution >= 4 is 60.3 Å². The molecule has 13 N–H and O–H groups in total. The normalized spacial score (nSPS) is 14.6. The monoisotopic (exact) mass is 1190 g/mol. The van der Waals surface area contributed by atoms with E-state index in [2.05, 4.69) is 35.2 Å². The molecule has 2 aliphatic carbocycles. The number of nitrogens with zero attached hydrogens (tertiary/aromatic N) is 1. The number of ether oxygens (including phenoxy) is 3. The Morgan fingerprint density at radius 2 is 0.895 bits per heavy atom. The molecule has 1 heterocycles. The van der Waals surface area contributed by atoms with Crippen LogP contribution in [0.5, 0.6) is 11.5 Å². The molecule has 0 saturated carbocycles. The minimum absolute atomic E-state index is 0. The Hall–Kier alpha value is -7.27. The molecule has 4 aromatic carbocycles. The third-order valence-electron chi connectivity index (χ3n) is 11.0. The zero-order chi connectivity index (χ0) is 63.7. The van der Waals surface area contributed by atoms with Crippen LogP contribution in [0.3, 0.4) is 0 Å². The maximum Gasteiger partial charge on any atom is 0.488 e. The first-order valence-corrected chi connectivity index (χ1v) is 28.1. The summed E-state index contributed by atoms with van der Waals surface area (Å²) in [4.78, 5) is 22.7. The fourth-order valence-electron chi connectivity index (χ4n) is 6.51. The van der Waals surface area contributed by atoms with Crippen molar-refractivity contribution in [2.24, 2.45) is 0 Å². The summed E-state index contributed by atoms with van der Waals surface area (Å²) in [6.07, 6.45) is 16.9. The van der Waals surface area contributed by atoms with Gasteiger partial charge in [0.2, 0.25) is 0 Å². The first-order chi connectivity index (χ1) is 40.3. The molecule has 3 aliphatic rings. The van der Waals surface area contributed by atoms with E-state index in [-0.39, 0.29) is 50.7 Å². The third-order valence-corrected chi connectivity index (χ3v) is 11.0. The second-order valence-electron chi connectivity index (χ2n) is 20.1. The number of carbonyl (C=O) groups excluding carboxylic acids is 2. The maximum atomic E-state index is 10.8. The van der Waals surface area contributed by atoms with Gasteiger partial charge in [0.15, 0.2) is 0 Å². The van der Waals surface area contributed by atoms with E-state index in [1.165, 1.54) is 24.8 Å². The van der Waals surface area contributed by atoms with Crippen molar-refractivity contribution < 1.29 is 74.6 Å². The van der Waals surface area contributed by atoms with Gasteiger partial charge in [-0.15, -0.1) is 0 Å². The average molecular weight is 1200 g/mol. The Morgan fingerprint density at radius 1 is 0.512 bits per heavy atom. The molecule has 0 radical (unpaired) electrons. The molecular weight excluding hydrogens is 1100 g/mol. The Kier molecular flexibility index (Phi) is 42.1. The van der Waals surface area contributed by atoms with Gasteiger partial charge in [-0.1, -0.05) is 112 Å². The van der Waals surface area contributed by atoms with E-state index >= 15 is 0 Å². The van der Waals surface area contributed by atoms with Crippen LogP contribution in [0.4, 0.5) is 11.4 Å². The summed E-state index contributed by atoms with van der Waals surface area (Å²) in [5.41, 5.74) is 6.52. The molecule has 7 rings (SSSR count). The fraction of sp³-hybridized carbons (Fsp3) is 0.385. The van der Waals surface area contributed by atoms with E-state index in [0.717, 1.165) is 57.2 Å². The summed E-state index contributed by atoms with van der Waals surface area (Å²) < 4.78 is 15.8. The lowest BCUT2D eigenvalue weighted by molar-refractivity contribution is -0.138. The molecule has 19 nitrogen and oxygen atoms in total. The Morgan fingerprint density at radius 3 is 1.26 bits per heavy atom. The van der Waals surface area contributed by atoms with E-state index in [9.17, 15) is 14.6 Å². The van der Waals surface area contributed by atoms with Crippen LogP contribution < -0.4 is 36.3 Å². The molecule has 0 fully saturated rings. The smallest absolute Gasteiger partial charge is 0.488 e. The number of carbonyl (C=O) groups is 2. The second kappa shape index (κ2) is 46.0. The van der Waals surface area contributed by atoms with Gasteiger partial charge in [-0.3, -0.25) is 14.5 Å². The molecule has 1 aliphatic heterocycles. The maximum absolute atomic E-state index is 10.8. The number of nitrogens with one attached hydrogen (secondary N) is 3. The SMILES string of the molecule is C.C=Cc1ccc(NCC(C)O)cc1.C=Cc1ccc(OCC(C)O)cc1.CB(O)c1ccc(OCC(C)O)cc1.CC(O)CN1C(=O)C=CC1=O.CC(O)CNC1=CC=CC1.CC(O)CNc1ccc(B(O)O)cc1.CC(O)COC1=CC=CC1. The second-order valence-corrected chi connectivity index (χ2v) is 20.1. The van der Waals surface area contributed by atoms with E-state index in [1.54, 1.807) is 96.9 Å². The number of aliphatic hydroxyl groups is 7. The molecule has 7 unspecified atom stereocenters. The standard InChI is InChI=1S/C11H15NO.C11H14O2.C10H15BO3.C9H14BNO3.C8H13NO.C8H12O2.C7H9NO3.CH4/c1-3-10-4-6-11(7-5-10)12-8-9(2)13;1-3-10-4-6-11(7-5-10)13-8-9(2)12;1-8(12)7-14-10-5-3-9(4-6-10)11(2)13;1-7(12)6-11-9-4-2-8(3-5-9)10(13)14;1-7(10)6-9-8-4-2-3-5-8;1-7(9)6-10-8-4-2-3-5-8;1-5(9)4-8-6(10)2-3-7(8)11;/h3-7,9,12-13H,1,8H2,2H3;3-7,9,12H,1,8H2,2H3;3-6,8,12-13H,7H2,1-2H3;2-5,7,11-14H,6H2,1H3;2-4,7,9-10H,5-6H2,1H3;2-4,7,9H,5-6H2,1H3;2-3,5,9H,4H2,1H3;1H4. The zero-order valence-electron chi connectivity index (χ0n) is 50.4. The number of imide groups is 1. The van der Waals surface area contributed by atoms with Gasteiger partial charge >= 0.3 is 14.0 Å². The summed E-state index contributed by atoms with van der Waals surface area (Å²) in [6.45, 7) is 23.2. The number of aliphatic hydroxyl groups excluding tert-OH is 7. The zero-order valence-corrected chi connectivity index (χ0v) is 50.4. The molecule has 86 heavy (non-hydrogen) atoms. The summed E-state index contributed by atoms with van der Waals surface area (Å²) in [6, 6.07) is 29.4. The molecule has 21 heteroatoms. The minimum atomic E-state index is -1.43. The van der Waals surface area contributed by atoms with Crippen LogP contribution in [-0.2, 0) is 14.3 Å². The highest BCUT2D eigenvalue weighted by Crippen LogP contribution is 2.15. The van der Waals surface area contributed by atoms with Gasteiger partial charge in [0, 0.05) is 61.7 Å². The number of benzene rings is 4. The molecule has 2 amide bonds. The molecule has 0 saturated heterocycles. The highest BCUT2D eigenvalue weighted by atomic mass is 16.5. The van der Waals surface area contributed by atoms with Crippen LogP contribution in [0, 0.1) is 0 Å². The van der Waals surface area contributed by atoms with Crippen LogP contribution in [0.15, 0.2) is 170 Å². The van der Waals surface area contributed by atoms with Crippen LogP contribution in [0.1, 0.15) is 79.9 Å². The molecule has 0 spiro atoms. The number of anilines is 2. The van der Waals surface area contributed by atoms with Crippen molar-refractivity contribution in [3.63, 3.8) is 0 Å². The first-order valence-electron chi connectivity index (χ1n) is 28.1. The topological polar surface area (TPSA) is 303 Å². The predicted octanol–water partition coefficient (Wildman–Crippen LogP) is 5.59. The van der Waals surface area contributed by atoms with Gasteiger partial charge < -0.3 is 81.0 Å². The van der Waals surface area contributed by atoms with E-state index in [0.29, 0.717) is 44.1 Å². The Bertz CT molecular complexity index is 2450. The average Bonchev–Trinajstić information content (AvgIpc) is 4.33. The number of amides is 2. The number of allylic oxidation sites excluding steroid dienone is 6. The summed E-state index contributed by atoms with van der Waals surface area (Å²) in [7, 11) is -1.43. The lowest BCUT2D eigenvalue weighted by Gasteiger charge is -2.14. The lowest BCUT2D eigenvalue weighted by Crippen LogP contribution is -2.35. The first kappa shape index (κ1) is 78.7. The summed E-state index contributed by atoms with van der Waals surface area (Å²) in [5.74, 6) is 1.72. The molecule has 7 atom stereocenters. The van der Waals surface area contributed by atoms with Gasteiger partial charge in [-0.25, -0.2) is 0 Å². The number of β-amino-alcohol motifs (C(OH)–C–C–N with tert-alkyl or cyclic N) is 1. The van der Waals surface area contributed by atoms with Crippen molar-refractivity contribution in [2.45, 2.75) is 118 Å². The highest BCUT2D eigenvalue weighted by molar-refractivity contribution is 6.64. The molecule has 472 valence electrons. The quantitative estimate of drug-likeness (QED) is 0.0300. The lowest BCUT2D eigenvalue weighted by atomic mass is 9.64. The molecule has 4 aromatic rings. The van der Waals surface area contributed by atoms with Crippen molar-refractivity contribution in [1.29, 1.82) is 0 Å². The van der Waals surface area contributed by atoms with Crippen molar-refractivity contribution in [2.75, 3.05) is 56.6 Å². The van der Waals surface area contributed by atoms with Crippen LogP contribution in [0.2, 0.25) is 6.82 Å². The van der Waals surface area contributed by atoms with Crippen molar-refractivity contribution in [1.82, 2.24) is 10.2 Å². The number of hydrogen-bond acceptors (Lipinski definition) is 18. The number of rotatable bonds is 24. The molecular formula is C65H96B2N4O15. The van der Waals surface area contributed by atoms with Gasteiger partial charge in [0.1, 0.15) is 31.3 Å². The number of hydrogen-bond donors (Lipinski definition) is 13. The molecule has 0 bridgehead atoms. The van der Waals surface area contributed by atoms with Crippen molar-refractivity contribution in [3.05, 3.63) is 181 Å². The minimum Gasteiger partial charge on any atom is -0.495 e. The van der Waals surface area contributed by atoms with Crippen LogP contribution in [0.25, 0.3) is 12.2 Å². The summed E-state index contributed by atoms with van der Waals surface area (Å²) in [5, 5.41) is 98.8. The van der Waals surface area contributed by atoms with Gasteiger partial charge in [-0.2, -0.15) is 0 Å². The summed E-state index contributed by atoms with van der Waals surface area (Å²) >= 11 is 0. The van der Waals surface area contributed by atoms with Gasteiger partial charge in [0.05, 0.1) is 55.0 Å². The van der Waals surface area contributed by atoms with E-state index in [4.69, 9.17) is 60.0 Å². The third kappa shape index (κ3) is 39.4. The van der Waals surface area contributed by atoms with Crippen LogP contribution in [-0.4, -0.2) is 170 Å². The van der Waals surface area contributed by atoms with E-state index < -0.39 is 38.4 Å². The Labute approximate surface area is 511 Å². The van der Waals surface area contributed by atoms with Crippen LogP contribution >= 0.6 is 0 Å². The van der Waals surface area contributed by atoms with Crippen molar-refractivity contribution in [3.8, 4) is 11.5 Å². The van der Waals surface area contributed by atoms with E-state index in [1.807, 2.05) is 91.0 Å². The van der Waals surface area contributed by atoms with Gasteiger partial charge in [0.25, 0.3) is 11.8 Å².